The second kappa shape index (κ2) is 8.66. The first-order valence-corrected chi connectivity index (χ1v) is 8.23. The number of ether oxygens (including phenoxy) is 2. The van der Waals surface area contributed by atoms with Crippen molar-refractivity contribution in [3.63, 3.8) is 0 Å². The minimum atomic E-state index is -0.322. The van der Waals surface area contributed by atoms with Crippen LogP contribution in [0.3, 0.4) is 0 Å². The largest absolute Gasteiger partial charge is 0.454 e. The van der Waals surface area contributed by atoms with E-state index < -0.39 is 0 Å². The number of carbonyl (C=O) groups is 2. The van der Waals surface area contributed by atoms with Gasteiger partial charge in [0, 0.05) is 19.4 Å². The molecule has 0 spiro atoms. The van der Waals surface area contributed by atoms with Gasteiger partial charge in [0.05, 0.1) is 6.21 Å². The smallest absolute Gasteiger partial charge is 0.240 e. The number of nitrogens with zero attached hydrogens (tertiary/aromatic N) is 1. The Kier molecular flexibility index (Phi) is 5.82. The molecule has 1 aliphatic heterocycles. The topological polar surface area (TPSA) is 89.0 Å². The number of hydrogen-bond acceptors (Lipinski definition) is 5. The molecule has 7 nitrogen and oxygen atoms in total. The zero-order valence-corrected chi connectivity index (χ0v) is 14.1. The van der Waals surface area contributed by atoms with Crippen LogP contribution < -0.4 is 20.2 Å². The predicted molar refractivity (Wildman–Crippen MR) is 95.8 cm³/mol. The first-order valence-electron chi connectivity index (χ1n) is 8.23. The summed E-state index contributed by atoms with van der Waals surface area (Å²) in [7, 11) is 0. The molecule has 0 saturated heterocycles. The van der Waals surface area contributed by atoms with Crippen molar-refractivity contribution in [2.24, 2.45) is 5.10 Å². The summed E-state index contributed by atoms with van der Waals surface area (Å²) in [5, 5.41) is 6.66. The molecule has 0 bridgehead atoms. The molecule has 134 valence electrons. The summed E-state index contributed by atoms with van der Waals surface area (Å²) in [6.45, 7) is 0.655. The van der Waals surface area contributed by atoms with Crippen molar-refractivity contribution >= 4 is 18.0 Å². The van der Waals surface area contributed by atoms with Crippen LogP contribution in [-0.4, -0.2) is 24.8 Å². The van der Waals surface area contributed by atoms with E-state index in [1.165, 1.54) is 6.21 Å². The van der Waals surface area contributed by atoms with E-state index in [0.717, 1.165) is 11.1 Å². The van der Waals surface area contributed by atoms with Crippen LogP contribution in [0.5, 0.6) is 11.5 Å². The van der Waals surface area contributed by atoms with Crippen molar-refractivity contribution in [1.82, 2.24) is 10.7 Å². The molecule has 0 aromatic heterocycles. The molecule has 0 unspecified atom stereocenters. The number of fused-ring (bicyclic) bond motifs is 1. The fourth-order valence-electron chi connectivity index (χ4n) is 2.34. The molecule has 0 aliphatic carbocycles. The zero-order valence-electron chi connectivity index (χ0n) is 14.1. The van der Waals surface area contributed by atoms with Crippen molar-refractivity contribution in [1.29, 1.82) is 0 Å². The monoisotopic (exact) mass is 353 g/mol. The van der Waals surface area contributed by atoms with Gasteiger partial charge in [-0.3, -0.25) is 9.59 Å². The average Bonchev–Trinajstić information content (AvgIpc) is 3.13. The van der Waals surface area contributed by atoms with Crippen LogP contribution in [0.15, 0.2) is 53.6 Å². The van der Waals surface area contributed by atoms with Gasteiger partial charge < -0.3 is 14.8 Å². The number of amides is 2. The number of nitrogens with one attached hydrogen (secondary N) is 2. The summed E-state index contributed by atoms with van der Waals surface area (Å²) in [5.74, 6) is 0.837. The highest BCUT2D eigenvalue weighted by Gasteiger charge is 2.12. The molecule has 0 atom stereocenters. The molecule has 0 radical (unpaired) electrons. The Bertz CT molecular complexity index is 806. The van der Waals surface area contributed by atoms with Crippen LogP contribution in [0.1, 0.15) is 24.0 Å². The number of hydrazone groups is 1. The Labute approximate surface area is 151 Å². The zero-order chi connectivity index (χ0) is 18.2. The molecule has 7 heteroatoms. The second-order valence-electron chi connectivity index (χ2n) is 5.67. The van der Waals surface area contributed by atoms with Gasteiger partial charge in [-0.2, -0.15) is 5.10 Å². The predicted octanol–water partition coefficient (Wildman–Crippen LogP) is 1.96. The maximum absolute atomic E-state index is 11.8. The van der Waals surface area contributed by atoms with Gasteiger partial charge in [-0.05, 0) is 29.3 Å². The Hall–Kier alpha value is -3.35. The summed E-state index contributed by atoms with van der Waals surface area (Å²) < 4.78 is 10.5. The van der Waals surface area contributed by atoms with E-state index in [2.05, 4.69) is 15.8 Å². The maximum Gasteiger partial charge on any atom is 0.240 e. The normalized spacial score (nSPS) is 12.2. The molecule has 2 aromatic rings. The number of benzene rings is 2. The van der Waals surface area contributed by atoms with Crippen LogP contribution in [0.2, 0.25) is 0 Å². The summed E-state index contributed by atoms with van der Waals surface area (Å²) in [6, 6.07) is 15.0. The summed E-state index contributed by atoms with van der Waals surface area (Å²) in [4.78, 5) is 23.5. The second-order valence-corrected chi connectivity index (χ2v) is 5.67. The van der Waals surface area contributed by atoms with E-state index in [1.54, 1.807) is 18.2 Å². The van der Waals surface area contributed by atoms with Gasteiger partial charge >= 0.3 is 0 Å². The molecule has 3 rings (SSSR count). The molecule has 0 fully saturated rings. The van der Waals surface area contributed by atoms with Crippen LogP contribution in [-0.2, 0) is 16.1 Å². The highest BCUT2D eigenvalue weighted by Crippen LogP contribution is 2.31. The molecular weight excluding hydrogens is 334 g/mol. The Balaban J connectivity index is 1.36. The molecule has 2 amide bonds. The Morgan fingerprint density at radius 3 is 2.62 bits per heavy atom. The van der Waals surface area contributed by atoms with E-state index in [4.69, 9.17) is 9.47 Å². The lowest BCUT2D eigenvalue weighted by Gasteiger charge is -2.05. The number of hydrogen-bond donors (Lipinski definition) is 2. The lowest BCUT2D eigenvalue weighted by Crippen LogP contribution is -2.25. The minimum Gasteiger partial charge on any atom is -0.454 e. The van der Waals surface area contributed by atoms with Crippen molar-refractivity contribution in [2.75, 3.05) is 6.79 Å². The maximum atomic E-state index is 11.8. The first-order chi connectivity index (χ1) is 12.7. The molecule has 1 aliphatic rings. The third-order valence-electron chi connectivity index (χ3n) is 3.71. The highest BCUT2D eigenvalue weighted by atomic mass is 16.7. The van der Waals surface area contributed by atoms with Gasteiger partial charge in [-0.1, -0.05) is 30.3 Å². The summed E-state index contributed by atoms with van der Waals surface area (Å²) in [5.41, 5.74) is 4.19. The molecule has 26 heavy (non-hydrogen) atoms. The molecule has 0 saturated carbocycles. The average molecular weight is 353 g/mol. The minimum absolute atomic E-state index is 0.0686. The van der Waals surface area contributed by atoms with Crippen LogP contribution >= 0.6 is 0 Å². The summed E-state index contributed by atoms with van der Waals surface area (Å²) in [6.07, 6.45) is 1.69. The fourth-order valence-corrected chi connectivity index (χ4v) is 2.34. The van der Waals surface area contributed by atoms with Crippen molar-refractivity contribution in [2.45, 2.75) is 19.4 Å². The molecule has 2 N–H and O–H groups in total. The van der Waals surface area contributed by atoms with E-state index in [0.29, 0.717) is 18.0 Å². The van der Waals surface area contributed by atoms with Gasteiger partial charge in [-0.15, -0.1) is 0 Å². The Morgan fingerprint density at radius 2 is 1.77 bits per heavy atom. The Morgan fingerprint density at radius 1 is 1.00 bits per heavy atom. The van der Waals surface area contributed by atoms with E-state index in [-0.39, 0.29) is 31.4 Å². The third kappa shape index (κ3) is 5.07. The van der Waals surface area contributed by atoms with Gasteiger partial charge in [-0.25, -0.2) is 5.43 Å². The highest BCUT2D eigenvalue weighted by molar-refractivity contribution is 5.85. The quantitative estimate of drug-likeness (QED) is 0.588. The van der Waals surface area contributed by atoms with Crippen molar-refractivity contribution in [3.8, 4) is 11.5 Å². The first kappa shape index (κ1) is 17.5. The molecule has 1 heterocycles. The molecular formula is C19H19N3O4. The summed E-state index contributed by atoms with van der Waals surface area (Å²) >= 11 is 0. The lowest BCUT2D eigenvalue weighted by molar-refractivity contribution is -0.126. The fraction of sp³-hybridized carbons (Fsp3) is 0.211. The van der Waals surface area contributed by atoms with Crippen molar-refractivity contribution < 1.29 is 19.1 Å². The third-order valence-corrected chi connectivity index (χ3v) is 3.71. The van der Waals surface area contributed by atoms with Crippen LogP contribution in [0.25, 0.3) is 0 Å². The van der Waals surface area contributed by atoms with E-state index in [1.807, 2.05) is 30.3 Å². The van der Waals surface area contributed by atoms with Gasteiger partial charge in [0.25, 0.3) is 0 Å². The van der Waals surface area contributed by atoms with Crippen LogP contribution in [0, 0.1) is 0 Å². The van der Waals surface area contributed by atoms with Gasteiger partial charge in [0.1, 0.15) is 0 Å². The lowest BCUT2D eigenvalue weighted by atomic mass is 10.2. The van der Waals surface area contributed by atoms with Gasteiger partial charge in [0.15, 0.2) is 11.5 Å². The van der Waals surface area contributed by atoms with E-state index >= 15 is 0 Å². The van der Waals surface area contributed by atoms with Crippen molar-refractivity contribution in [3.05, 3.63) is 59.7 Å². The number of rotatable bonds is 7. The van der Waals surface area contributed by atoms with Gasteiger partial charge in [0.2, 0.25) is 18.6 Å². The number of carbonyl (C=O) groups excluding carboxylic acids is 2. The van der Waals surface area contributed by atoms with E-state index in [9.17, 15) is 9.59 Å². The standard InChI is InChI=1S/C19H19N3O4/c23-18(20-11-14-4-2-1-3-5-14)8-9-19(24)22-21-12-15-6-7-16-17(10-15)26-13-25-16/h1-7,10,12H,8-9,11,13H2,(H,20,23)(H,22,24)/b21-12+. The van der Waals surface area contributed by atoms with Crippen LogP contribution in [0.4, 0.5) is 0 Å². The molecule has 2 aromatic carbocycles. The SMILES string of the molecule is O=C(CCC(=O)N/N=C/c1ccc2c(c1)OCO2)NCc1ccccc1.